The molecule has 0 bridgehead atoms. The van der Waals surface area contributed by atoms with Crippen LogP contribution in [-0.2, 0) is 0 Å². The third kappa shape index (κ3) is 3.93. The summed E-state index contributed by atoms with van der Waals surface area (Å²) in [5.41, 5.74) is 0.910. The van der Waals surface area contributed by atoms with Gasteiger partial charge >= 0.3 is 0 Å². The summed E-state index contributed by atoms with van der Waals surface area (Å²) in [7, 11) is 0. The van der Waals surface area contributed by atoms with Gasteiger partial charge in [0.05, 0.1) is 0 Å². The highest BCUT2D eigenvalue weighted by molar-refractivity contribution is 5.86. The molecular formula is C21H22ClN3O3. The number of benzene rings is 2. The molecule has 2 aromatic carbocycles. The first-order chi connectivity index (χ1) is 13.3. The molecule has 28 heavy (non-hydrogen) atoms. The Balaban J connectivity index is 0.00000192. The second-order valence-corrected chi connectivity index (χ2v) is 6.84. The number of halogens is 1. The number of rotatable bonds is 4. The fraction of sp³-hybridized carbons (Fsp3) is 0.286. The Bertz CT molecular complexity index is 976. The molecule has 0 unspecified atom stereocenters. The average molecular weight is 400 g/mol. The first-order valence-corrected chi connectivity index (χ1v) is 9.27. The number of pyridine rings is 1. The van der Waals surface area contributed by atoms with Gasteiger partial charge in [0.25, 0.3) is 0 Å². The molecular weight excluding hydrogens is 378 g/mol. The van der Waals surface area contributed by atoms with Crippen molar-refractivity contribution in [1.82, 2.24) is 10.3 Å². The van der Waals surface area contributed by atoms with E-state index in [2.05, 4.69) is 27.8 Å². The number of piperidine rings is 1. The van der Waals surface area contributed by atoms with Crippen molar-refractivity contribution in [2.45, 2.75) is 18.9 Å². The van der Waals surface area contributed by atoms with Crippen LogP contribution in [0.2, 0.25) is 0 Å². The average Bonchev–Trinajstić information content (AvgIpc) is 3.16. The lowest BCUT2D eigenvalue weighted by Crippen LogP contribution is -2.34. The van der Waals surface area contributed by atoms with Crippen molar-refractivity contribution >= 4 is 34.7 Å². The SMILES string of the molecule is Cl.c1cc2c(cc1Nc1cc3cc(OC4CCNCC4)ccc3cn1)OCO2. The topological polar surface area (TPSA) is 64.6 Å². The van der Waals surface area contributed by atoms with E-state index >= 15 is 0 Å². The highest BCUT2D eigenvalue weighted by Gasteiger charge is 2.15. The second kappa shape index (κ2) is 8.12. The van der Waals surface area contributed by atoms with Crippen LogP contribution in [0.5, 0.6) is 17.2 Å². The Kier molecular flexibility index (Phi) is 5.41. The maximum atomic E-state index is 6.16. The normalized spacial score (nSPS) is 15.9. The van der Waals surface area contributed by atoms with E-state index < -0.39 is 0 Å². The third-order valence-electron chi connectivity index (χ3n) is 4.93. The summed E-state index contributed by atoms with van der Waals surface area (Å²) < 4.78 is 16.9. The Morgan fingerprint density at radius 2 is 1.82 bits per heavy atom. The van der Waals surface area contributed by atoms with Crippen LogP contribution < -0.4 is 24.8 Å². The molecule has 5 rings (SSSR count). The Morgan fingerprint density at radius 1 is 0.964 bits per heavy atom. The lowest BCUT2D eigenvalue weighted by atomic mass is 10.1. The van der Waals surface area contributed by atoms with Gasteiger partial charge in [0.15, 0.2) is 11.5 Å². The van der Waals surface area contributed by atoms with Gasteiger partial charge in [-0.05, 0) is 67.7 Å². The molecule has 0 amide bonds. The zero-order chi connectivity index (χ0) is 18.1. The van der Waals surface area contributed by atoms with Crippen LogP contribution in [0, 0.1) is 0 Å². The van der Waals surface area contributed by atoms with E-state index in [1.54, 1.807) is 0 Å². The molecule has 2 N–H and O–H groups in total. The predicted octanol–water partition coefficient (Wildman–Crippen LogP) is 4.26. The minimum atomic E-state index is 0. The van der Waals surface area contributed by atoms with Gasteiger partial charge in [-0.1, -0.05) is 0 Å². The lowest BCUT2D eigenvalue weighted by molar-refractivity contribution is 0.162. The highest BCUT2D eigenvalue weighted by Crippen LogP contribution is 2.35. The molecule has 1 fully saturated rings. The number of ether oxygens (including phenoxy) is 3. The Morgan fingerprint density at radius 3 is 2.71 bits per heavy atom. The van der Waals surface area contributed by atoms with E-state index in [4.69, 9.17) is 14.2 Å². The van der Waals surface area contributed by atoms with Gasteiger partial charge in [-0.25, -0.2) is 4.98 Å². The number of hydrogen-bond donors (Lipinski definition) is 2. The summed E-state index contributed by atoms with van der Waals surface area (Å²) >= 11 is 0. The van der Waals surface area contributed by atoms with E-state index in [-0.39, 0.29) is 25.3 Å². The van der Waals surface area contributed by atoms with Crippen LogP contribution in [-0.4, -0.2) is 31.0 Å². The molecule has 3 aromatic rings. The number of aromatic nitrogens is 1. The lowest BCUT2D eigenvalue weighted by Gasteiger charge is -2.24. The molecule has 6 nitrogen and oxygen atoms in total. The van der Waals surface area contributed by atoms with Crippen LogP contribution in [0.1, 0.15) is 12.8 Å². The van der Waals surface area contributed by atoms with Gasteiger partial charge in [-0.15, -0.1) is 12.4 Å². The van der Waals surface area contributed by atoms with Gasteiger partial charge in [0, 0.05) is 23.3 Å². The number of nitrogens with one attached hydrogen (secondary N) is 2. The van der Waals surface area contributed by atoms with E-state index in [1.165, 1.54) is 0 Å². The molecule has 0 aliphatic carbocycles. The number of anilines is 2. The first-order valence-electron chi connectivity index (χ1n) is 9.27. The van der Waals surface area contributed by atoms with Crippen molar-refractivity contribution in [2.75, 3.05) is 25.2 Å². The summed E-state index contributed by atoms with van der Waals surface area (Å²) in [6.07, 6.45) is 4.26. The van der Waals surface area contributed by atoms with E-state index in [0.717, 1.165) is 65.5 Å². The van der Waals surface area contributed by atoms with Gasteiger partial charge in [-0.2, -0.15) is 0 Å². The standard InChI is InChI=1S/C21H21N3O3.ClH/c1-3-18(27-17-5-7-22-8-6-17)9-15-10-21(23-12-14(1)15)24-16-2-4-19-20(11-16)26-13-25-19;/h1-4,9-12,17,22H,5-8,13H2,(H,23,24);1H. The summed E-state index contributed by atoms with van der Waals surface area (Å²) in [5.74, 6) is 3.21. The number of fused-ring (bicyclic) bond motifs is 2. The molecule has 0 saturated carbocycles. The van der Waals surface area contributed by atoms with Gasteiger partial charge in [0.2, 0.25) is 6.79 Å². The monoisotopic (exact) mass is 399 g/mol. The highest BCUT2D eigenvalue weighted by atomic mass is 35.5. The maximum Gasteiger partial charge on any atom is 0.231 e. The number of nitrogens with zero attached hydrogens (tertiary/aromatic N) is 1. The van der Waals surface area contributed by atoms with Gasteiger partial charge in [0.1, 0.15) is 17.7 Å². The summed E-state index contributed by atoms with van der Waals surface area (Å²) in [5, 5.41) is 8.88. The fourth-order valence-corrected chi connectivity index (χ4v) is 3.49. The van der Waals surface area contributed by atoms with E-state index in [9.17, 15) is 0 Å². The van der Waals surface area contributed by atoms with Crippen LogP contribution in [0.15, 0.2) is 48.7 Å². The quantitative estimate of drug-likeness (QED) is 0.683. The Hall–Kier alpha value is -2.70. The van der Waals surface area contributed by atoms with Crippen molar-refractivity contribution in [1.29, 1.82) is 0 Å². The van der Waals surface area contributed by atoms with Crippen molar-refractivity contribution in [3.63, 3.8) is 0 Å². The minimum absolute atomic E-state index is 0. The van der Waals surface area contributed by atoms with Crippen molar-refractivity contribution in [3.8, 4) is 17.2 Å². The second-order valence-electron chi connectivity index (χ2n) is 6.84. The Labute approximate surface area is 169 Å². The van der Waals surface area contributed by atoms with Crippen LogP contribution in [0.25, 0.3) is 10.8 Å². The van der Waals surface area contributed by atoms with Crippen LogP contribution in [0.4, 0.5) is 11.5 Å². The van der Waals surface area contributed by atoms with Gasteiger partial charge < -0.3 is 24.8 Å². The molecule has 2 aliphatic rings. The molecule has 0 atom stereocenters. The summed E-state index contributed by atoms with van der Waals surface area (Å²) in [4.78, 5) is 4.51. The molecule has 7 heteroatoms. The fourth-order valence-electron chi connectivity index (χ4n) is 3.49. The largest absolute Gasteiger partial charge is 0.490 e. The third-order valence-corrected chi connectivity index (χ3v) is 4.93. The van der Waals surface area contributed by atoms with Crippen LogP contribution >= 0.6 is 12.4 Å². The summed E-state index contributed by atoms with van der Waals surface area (Å²) in [6.45, 7) is 2.31. The molecule has 1 saturated heterocycles. The summed E-state index contributed by atoms with van der Waals surface area (Å²) in [6, 6.07) is 14.0. The predicted molar refractivity (Wildman–Crippen MR) is 111 cm³/mol. The molecule has 0 spiro atoms. The van der Waals surface area contributed by atoms with Crippen molar-refractivity contribution < 1.29 is 14.2 Å². The smallest absolute Gasteiger partial charge is 0.231 e. The molecule has 1 aromatic heterocycles. The van der Waals surface area contributed by atoms with Gasteiger partial charge in [-0.3, -0.25) is 0 Å². The zero-order valence-electron chi connectivity index (χ0n) is 15.3. The molecule has 0 radical (unpaired) electrons. The van der Waals surface area contributed by atoms with Crippen LogP contribution in [0.3, 0.4) is 0 Å². The minimum Gasteiger partial charge on any atom is -0.490 e. The molecule has 2 aliphatic heterocycles. The first kappa shape index (κ1) is 18.7. The van der Waals surface area contributed by atoms with Crippen molar-refractivity contribution in [2.24, 2.45) is 0 Å². The van der Waals surface area contributed by atoms with E-state index in [1.807, 2.05) is 36.5 Å². The zero-order valence-corrected chi connectivity index (χ0v) is 16.1. The van der Waals surface area contributed by atoms with E-state index in [0.29, 0.717) is 0 Å². The number of hydrogen-bond acceptors (Lipinski definition) is 6. The van der Waals surface area contributed by atoms with Crippen molar-refractivity contribution in [3.05, 3.63) is 48.7 Å². The molecule has 3 heterocycles. The maximum absolute atomic E-state index is 6.16. The molecule has 146 valence electrons.